The van der Waals surface area contributed by atoms with Crippen LogP contribution < -0.4 is 0 Å². The standard InChI is InChI=1S/C19H36O/c1-12(18(2,3)4)16(19(5,6)7)11-14-8-13-9-15(14)17(20)10-13/h12-17,20H,8-11H2,1-7H3. The van der Waals surface area contributed by atoms with Gasteiger partial charge in [0, 0.05) is 0 Å². The molecule has 1 nitrogen and oxygen atoms in total. The first-order chi connectivity index (χ1) is 9.00. The molecule has 0 radical (unpaired) electrons. The van der Waals surface area contributed by atoms with Crippen molar-refractivity contribution >= 4 is 0 Å². The Morgan fingerprint density at radius 1 is 0.950 bits per heavy atom. The molecule has 118 valence electrons. The maximum absolute atomic E-state index is 10.2. The van der Waals surface area contributed by atoms with Gasteiger partial charge < -0.3 is 5.11 Å². The molecule has 6 unspecified atom stereocenters. The Morgan fingerprint density at radius 2 is 1.55 bits per heavy atom. The fourth-order valence-corrected chi connectivity index (χ4v) is 4.96. The fourth-order valence-electron chi connectivity index (χ4n) is 4.96. The van der Waals surface area contributed by atoms with Crippen LogP contribution in [0.25, 0.3) is 0 Å². The molecule has 0 saturated heterocycles. The van der Waals surface area contributed by atoms with Crippen molar-refractivity contribution in [1.82, 2.24) is 0 Å². The van der Waals surface area contributed by atoms with E-state index >= 15 is 0 Å². The zero-order chi connectivity index (χ0) is 15.3. The second-order valence-corrected chi connectivity index (χ2v) is 9.93. The van der Waals surface area contributed by atoms with E-state index in [2.05, 4.69) is 48.5 Å². The zero-order valence-electron chi connectivity index (χ0n) is 14.7. The number of aliphatic hydroxyl groups is 1. The molecule has 0 amide bonds. The summed E-state index contributed by atoms with van der Waals surface area (Å²) >= 11 is 0. The monoisotopic (exact) mass is 280 g/mol. The summed E-state index contributed by atoms with van der Waals surface area (Å²) in [6, 6.07) is 0. The minimum Gasteiger partial charge on any atom is -0.393 e. The molecular formula is C19H36O. The first kappa shape index (κ1) is 16.3. The molecule has 20 heavy (non-hydrogen) atoms. The van der Waals surface area contributed by atoms with E-state index < -0.39 is 0 Å². The summed E-state index contributed by atoms with van der Waals surface area (Å²) < 4.78 is 0. The van der Waals surface area contributed by atoms with Gasteiger partial charge in [-0.05, 0) is 66.1 Å². The van der Waals surface area contributed by atoms with E-state index in [1.165, 1.54) is 19.3 Å². The van der Waals surface area contributed by atoms with Crippen LogP contribution in [0.5, 0.6) is 0 Å². The van der Waals surface area contributed by atoms with Gasteiger partial charge >= 0.3 is 0 Å². The third-order valence-corrected chi connectivity index (χ3v) is 6.55. The van der Waals surface area contributed by atoms with Crippen LogP contribution in [0, 0.1) is 40.4 Å². The topological polar surface area (TPSA) is 20.2 Å². The van der Waals surface area contributed by atoms with Crippen molar-refractivity contribution in [3.63, 3.8) is 0 Å². The number of rotatable bonds is 3. The van der Waals surface area contributed by atoms with Gasteiger partial charge in [-0.2, -0.15) is 0 Å². The van der Waals surface area contributed by atoms with Gasteiger partial charge in [-0.25, -0.2) is 0 Å². The summed E-state index contributed by atoms with van der Waals surface area (Å²) in [5.41, 5.74) is 0.730. The summed E-state index contributed by atoms with van der Waals surface area (Å²) in [5, 5.41) is 10.2. The summed E-state index contributed by atoms with van der Waals surface area (Å²) in [7, 11) is 0. The van der Waals surface area contributed by atoms with Crippen molar-refractivity contribution < 1.29 is 5.11 Å². The molecule has 6 atom stereocenters. The van der Waals surface area contributed by atoms with Crippen LogP contribution in [0.3, 0.4) is 0 Å². The molecule has 0 aromatic rings. The molecule has 0 aliphatic heterocycles. The third kappa shape index (κ3) is 3.24. The number of aliphatic hydroxyl groups excluding tert-OH is 1. The van der Waals surface area contributed by atoms with Crippen molar-refractivity contribution in [2.75, 3.05) is 0 Å². The van der Waals surface area contributed by atoms with Crippen LogP contribution in [0.1, 0.15) is 74.1 Å². The Bertz CT molecular complexity index is 333. The molecule has 2 saturated carbocycles. The van der Waals surface area contributed by atoms with Gasteiger partial charge in [0.25, 0.3) is 0 Å². The number of fused-ring (bicyclic) bond motifs is 2. The van der Waals surface area contributed by atoms with Gasteiger partial charge in [-0.3, -0.25) is 0 Å². The molecule has 0 aromatic heterocycles. The van der Waals surface area contributed by atoms with E-state index in [-0.39, 0.29) is 6.10 Å². The van der Waals surface area contributed by atoms with Gasteiger partial charge in [-0.15, -0.1) is 0 Å². The fraction of sp³-hybridized carbons (Fsp3) is 1.00. The number of hydrogen-bond acceptors (Lipinski definition) is 1. The highest BCUT2D eigenvalue weighted by Gasteiger charge is 2.47. The Balaban J connectivity index is 2.10. The maximum atomic E-state index is 10.2. The van der Waals surface area contributed by atoms with Gasteiger partial charge in [0.2, 0.25) is 0 Å². The first-order valence-electron chi connectivity index (χ1n) is 8.68. The van der Waals surface area contributed by atoms with E-state index in [1.807, 2.05) is 0 Å². The summed E-state index contributed by atoms with van der Waals surface area (Å²) in [6.45, 7) is 16.8. The van der Waals surface area contributed by atoms with Crippen LogP contribution in [0.4, 0.5) is 0 Å². The molecule has 0 heterocycles. The molecule has 1 heteroatoms. The third-order valence-electron chi connectivity index (χ3n) is 6.55. The summed E-state index contributed by atoms with van der Waals surface area (Å²) in [6.07, 6.45) is 5.08. The van der Waals surface area contributed by atoms with Crippen LogP contribution in [0.2, 0.25) is 0 Å². The van der Waals surface area contributed by atoms with Crippen molar-refractivity contribution in [1.29, 1.82) is 0 Å². The van der Waals surface area contributed by atoms with Gasteiger partial charge in [0.05, 0.1) is 6.10 Å². The second-order valence-electron chi connectivity index (χ2n) is 9.93. The highest BCUT2D eigenvalue weighted by atomic mass is 16.3. The van der Waals surface area contributed by atoms with Crippen molar-refractivity contribution in [2.45, 2.75) is 80.3 Å². The molecule has 2 aliphatic carbocycles. The van der Waals surface area contributed by atoms with Crippen LogP contribution in [-0.4, -0.2) is 11.2 Å². The Morgan fingerprint density at radius 3 is 1.95 bits per heavy atom. The van der Waals surface area contributed by atoms with E-state index in [1.54, 1.807) is 0 Å². The molecule has 2 fully saturated rings. The van der Waals surface area contributed by atoms with Crippen molar-refractivity contribution in [3.05, 3.63) is 0 Å². The lowest BCUT2D eigenvalue weighted by Crippen LogP contribution is -2.37. The quantitative estimate of drug-likeness (QED) is 0.760. The summed E-state index contributed by atoms with van der Waals surface area (Å²) in [5.74, 6) is 3.68. The number of hydrogen-bond donors (Lipinski definition) is 1. The smallest absolute Gasteiger partial charge is 0.0573 e. The van der Waals surface area contributed by atoms with E-state index in [9.17, 15) is 5.11 Å². The van der Waals surface area contributed by atoms with Crippen molar-refractivity contribution in [2.24, 2.45) is 40.4 Å². The Hall–Kier alpha value is -0.0400. The minimum absolute atomic E-state index is 0.00399. The highest BCUT2D eigenvalue weighted by molar-refractivity contribution is 4.98. The zero-order valence-corrected chi connectivity index (χ0v) is 14.7. The predicted octanol–water partition coefficient (Wildman–Crippen LogP) is 5.13. The van der Waals surface area contributed by atoms with Gasteiger partial charge in [-0.1, -0.05) is 48.5 Å². The largest absolute Gasteiger partial charge is 0.393 e. The normalized spacial score (nSPS) is 37.2. The molecule has 1 N–H and O–H groups in total. The maximum Gasteiger partial charge on any atom is 0.0573 e. The molecule has 0 aromatic carbocycles. The first-order valence-corrected chi connectivity index (χ1v) is 8.68. The Kier molecular flexibility index (Phi) is 4.33. The van der Waals surface area contributed by atoms with E-state index in [0.29, 0.717) is 16.7 Å². The average molecular weight is 280 g/mol. The molecule has 0 spiro atoms. The van der Waals surface area contributed by atoms with Gasteiger partial charge in [0.1, 0.15) is 0 Å². The van der Waals surface area contributed by atoms with E-state index in [4.69, 9.17) is 0 Å². The molecule has 2 bridgehead atoms. The lowest BCUT2D eigenvalue weighted by atomic mass is 9.61. The molecule has 2 aliphatic rings. The summed E-state index contributed by atoms with van der Waals surface area (Å²) in [4.78, 5) is 0. The SMILES string of the molecule is CC(C(CC1CC2CC(O)C1C2)C(C)(C)C)C(C)(C)C. The molecular weight excluding hydrogens is 244 g/mol. The van der Waals surface area contributed by atoms with Gasteiger partial charge in [0.15, 0.2) is 0 Å². The highest BCUT2D eigenvalue weighted by Crippen LogP contribution is 2.54. The van der Waals surface area contributed by atoms with Crippen molar-refractivity contribution in [3.8, 4) is 0 Å². The minimum atomic E-state index is 0.00399. The van der Waals surface area contributed by atoms with Crippen LogP contribution in [-0.2, 0) is 0 Å². The van der Waals surface area contributed by atoms with E-state index in [0.717, 1.165) is 30.1 Å². The van der Waals surface area contributed by atoms with Crippen LogP contribution in [0.15, 0.2) is 0 Å². The predicted molar refractivity (Wildman–Crippen MR) is 86.5 cm³/mol. The Labute approximate surface area is 126 Å². The average Bonchev–Trinajstić information content (AvgIpc) is 2.80. The lowest BCUT2D eigenvalue weighted by molar-refractivity contribution is 0.0255. The second kappa shape index (κ2) is 5.30. The molecule has 2 rings (SSSR count). The van der Waals surface area contributed by atoms with Crippen LogP contribution >= 0.6 is 0 Å². The lowest BCUT2D eigenvalue weighted by Gasteiger charge is -2.44.